The molecule has 1 aromatic rings. The van der Waals surface area contributed by atoms with Gasteiger partial charge in [0.2, 0.25) is 0 Å². The lowest BCUT2D eigenvalue weighted by atomic mass is 9.40. The molecule has 0 spiro atoms. The number of aliphatic hydroxyl groups is 3. The Balaban J connectivity index is 1.65. The second kappa shape index (κ2) is 7.49. The molecular weight excluding hydrogens is 436 g/mol. The molecule has 3 aliphatic rings. The number of phenols is 1. The Morgan fingerprint density at radius 1 is 1.25 bits per heavy atom. The van der Waals surface area contributed by atoms with E-state index in [1.54, 1.807) is 6.92 Å². The maximum atomic E-state index is 13.1. The third-order valence-electron chi connectivity index (χ3n) is 8.64. The van der Waals surface area contributed by atoms with Crippen molar-refractivity contribution in [2.45, 2.75) is 64.8 Å². The molecule has 32 heavy (non-hydrogen) atoms. The highest BCUT2D eigenvalue weighted by Crippen LogP contribution is 2.70. The zero-order valence-electron chi connectivity index (χ0n) is 19.2. The summed E-state index contributed by atoms with van der Waals surface area (Å²) >= 11 is 6.25. The van der Waals surface area contributed by atoms with E-state index in [0.29, 0.717) is 12.0 Å². The van der Waals surface area contributed by atoms with Gasteiger partial charge in [0.05, 0.1) is 24.8 Å². The number of aromatic hydroxyl groups is 1. The predicted molar refractivity (Wildman–Crippen MR) is 118 cm³/mol. The molecule has 1 unspecified atom stereocenters. The van der Waals surface area contributed by atoms with Crippen LogP contribution < -0.4 is 4.74 Å². The van der Waals surface area contributed by atoms with E-state index in [9.17, 15) is 25.2 Å². The molecule has 0 aromatic heterocycles. The quantitative estimate of drug-likeness (QED) is 0.502. The van der Waals surface area contributed by atoms with Crippen LogP contribution in [0.25, 0.3) is 0 Å². The number of benzene rings is 1. The van der Waals surface area contributed by atoms with Crippen LogP contribution in [-0.4, -0.2) is 57.9 Å². The van der Waals surface area contributed by atoms with Gasteiger partial charge in [-0.2, -0.15) is 0 Å². The van der Waals surface area contributed by atoms with Crippen molar-refractivity contribution in [1.82, 2.24) is 0 Å². The molecule has 0 radical (unpaired) electrons. The fraction of sp³-hybridized carbons (Fsp3) is 0.708. The Bertz CT molecular complexity index is 947. The average Bonchev–Trinajstić information content (AvgIpc) is 3.05. The fourth-order valence-corrected chi connectivity index (χ4v) is 7.22. The summed E-state index contributed by atoms with van der Waals surface area (Å²) in [4.78, 5) is 13.1. The maximum absolute atomic E-state index is 13.1. The molecule has 3 saturated carbocycles. The summed E-state index contributed by atoms with van der Waals surface area (Å²) in [5.41, 5.74) is -1.93. The van der Waals surface area contributed by atoms with Crippen molar-refractivity contribution in [2.75, 3.05) is 13.7 Å². The fourth-order valence-electron chi connectivity index (χ4n) is 7.00. The van der Waals surface area contributed by atoms with Gasteiger partial charge in [-0.25, -0.2) is 4.79 Å². The average molecular weight is 469 g/mol. The number of ether oxygens (including phenoxy) is 2. The maximum Gasteiger partial charge on any atom is 0.342 e. The minimum atomic E-state index is -1.57. The number of fused-ring (bicyclic) bond motifs is 3. The zero-order chi connectivity index (χ0) is 23.8. The van der Waals surface area contributed by atoms with Gasteiger partial charge < -0.3 is 29.9 Å². The number of halogens is 1. The summed E-state index contributed by atoms with van der Waals surface area (Å²) in [6.45, 7) is 7.45. The van der Waals surface area contributed by atoms with Crippen LogP contribution >= 0.6 is 11.6 Å². The Labute approximate surface area is 193 Å². The summed E-state index contributed by atoms with van der Waals surface area (Å²) in [6.07, 6.45) is 0.274. The van der Waals surface area contributed by atoms with Crippen molar-refractivity contribution in [2.24, 2.45) is 28.6 Å². The van der Waals surface area contributed by atoms with Crippen molar-refractivity contribution in [3.63, 3.8) is 0 Å². The summed E-state index contributed by atoms with van der Waals surface area (Å²) in [5.74, 6) is -1.70. The van der Waals surface area contributed by atoms with Crippen molar-refractivity contribution < 1.29 is 34.7 Å². The monoisotopic (exact) mass is 468 g/mol. The highest BCUT2D eigenvalue weighted by Gasteiger charge is 2.76. The van der Waals surface area contributed by atoms with Crippen molar-refractivity contribution >= 4 is 17.6 Å². The standard InChI is InChI=1S/C24H33ClO7/c1-11-18(15(27)6-16(31-5)19(11)25)21(29)32-17-9-23(4)13-8-22(2,3)7-12(13)20(28)14(10-26)24(17,23)30/h6,12-14,17,20,26-28,30H,7-10H2,1-5H3/t12-,13+,14?,17-,20+,23-,24+/m1/s1. The first-order chi connectivity index (χ1) is 14.8. The van der Waals surface area contributed by atoms with Gasteiger partial charge in [-0.3, -0.25) is 0 Å². The molecule has 0 heterocycles. The molecule has 4 rings (SSSR count). The second-order valence-corrected chi connectivity index (χ2v) is 11.3. The lowest BCUT2D eigenvalue weighted by Gasteiger charge is -2.69. The second-order valence-electron chi connectivity index (χ2n) is 10.9. The molecule has 0 amide bonds. The summed E-state index contributed by atoms with van der Waals surface area (Å²) < 4.78 is 10.8. The summed E-state index contributed by atoms with van der Waals surface area (Å²) in [6, 6.07) is 1.25. The van der Waals surface area contributed by atoms with Gasteiger partial charge in [-0.1, -0.05) is 32.4 Å². The predicted octanol–water partition coefficient (Wildman–Crippen LogP) is 3.06. The van der Waals surface area contributed by atoms with Gasteiger partial charge in [0, 0.05) is 17.4 Å². The van der Waals surface area contributed by atoms with Crippen LogP contribution in [0.5, 0.6) is 11.5 Å². The molecule has 178 valence electrons. The molecule has 1 aromatic carbocycles. The minimum absolute atomic E-state index is 0.0178. The van der Waals surface area contributed by atoms with Crippen molar-refractivity contribution in [3.8, 4) is 11.5 Å². The molecule has 3 aliphatic carbocycles. The van der Waals surface area contributed by atoms with E-state index in [2.05, 4.69) is 13.8 Å². The molecule has 8 heteroatoms. The summed E-state index contributed by atoms with van der Waals surface area (Å²) in [7, 11) is 1.41. The van der Waals surface area contributed by atoms with E-state index < -0.39 is 41.7 Å². The topological polar surface area (TPSA) is 116 Å². The van der Waals surface area contributed by atoms with Crippen LogP contribution in [0, 0.1) is 35.5 Å². The van der Waals surface area contributed by atoms with E-state index in [-0.39, 0.29) is 39.3 Å². The highest BCUT2D eigenvalue weighted by molar-refractivity contribution is 6.33. The smallest absolute Gasteiger partial charge is 0.342 e. The first-order valence-corrected chi connectivity index (χ1v) is 11.5. The molecule has 0 aliphatic heterocycles. The van der Waals surface area contributed by atoms with E-state index in [1.165, 1.54) is 13.2 Å². The van der Waals surface area contributed by atoms with E-state index >= 15 is 0 Å². The van der Waals surface area contributed by atoms with Crippen LogP contribution in [-0.2, 0) is 4.74 Å². The van der Waals surface area contributed by atoms with E-state index in [0.717, 1.165) is 12.8 Å². The van der Waals surface area contributed by atoms with Gasteiger partial charge in [0.1, 0.15) is 28.8 Å². The molecule has 7 nitrogen and oxygen atoms in total. The first-order valence-electron chi connectivity index (χ1n) is 11.1. The van der Waals surface area contributed by atoms with Crippen LogP contribution in [0.4, 0.5) is 0 Å². The molecule has 3 fully saturated rings. The van der Waals surface area contributed by atoms with Gasteiger partial charge >= 0.3 is 5.97 Å². The lowest BCUT2D eigenvalue weighted by molar-refractivity contribution is -0.332. The molecule has 0 saturated heterocycles. The summed E-state index contributed by atoms with van der Waals surface area (Å²) in [5, 5.41) is 43.7. The highest BCUT2D eigenvalue weighted by atomic mass is 35.5. The lowest BCUT2D eigenvalue weighted by Crippen LogP contribution is -2.79. The van der Waals surface area contributed by atoms with Gasteiger partial charge in [0.25, 0.3) is 0 Å². The van der Waals surface area contributed by atoms with Crippen molar-refractivity contribution in [1.29, 1.82) is 0 Å². The number of hydrogen-bond acceptors (Lipinski definition) is 7. The number of aliphatic hydroxyl groups excluding tert-OH is 2. The largest absolute Gasteiger partial charge is 0.507 e. The minimum Gasteiger partial charge on any atom is -0.507 e. The third kappa shape index (κ3) is 3.01. The van der Waals surface area contributed by atoms with Gasteiger partial charge in [0.15, 0.2) is 0 Å². The molecule has 0 bridgehead atoms. The number of esters is 1. The normalized spacial score (nSPS) is 39.6. The number of rotatable bonds is 4. The molecule has 4 N–H and O–H groups in total. The Kier molecular flexibility index (Phi) is 5.52. The zero-order valence-corrected chi connectivity index (χ0v) is 19.9. The van der Waals surface area contributed by atoms with Crippen molar-refractivity contribution in [3.05, 3.63) is 22.2 Å². The molecular formula is C24H33ClO7. The third-order valence-corrected chi connectivity index (χ3v) is 9.11. The van der Waals surface area contributed by atoms with Gasteiger partial charge in [-0.05, 0) is 49.0 Å². The van der Waals surface area contributed by atoms with Crippen LogP contribution in [0.1, 0.15) is 56.0 Å². The number of carbonyl (C=O) groups is 1. The van der Waals surface area contributed by atoms with Crippen LogP contribution in [0.2, 0.25) is 5.02 Å². The van der Waals surface area contributed by atoms with Gasteiger partial charge in [-0.15, -0.1) is 0 Å². The van der Waals surface area contributed by atoms with E-state index in [1.807, 2.05) is 6.92 Å². The Morgan fingerprint density at radius 3 is 2.50 bits per heavy atom. The van der Waals surface area contributed by atoms with Crippen LogP contribution in [0.15, 0.2) is 6.07 Å². The number of hydrogen-bond donors (Lipinski definition) is 4. The SMILES string of the molecule is COc1cc(O)c(C(=O)O[C@@H]2C[C@]3(C)[C@H]4CC(C)(C)C[C@H]4[C@H](O)C(CO)[C@]23O)c(C)c1Cl. The number of methoxy groups -OCH3 is 1. The first kappa shape index (κ1) is 23.6. The Morgan fingerprint density at radius 2 is 1.91 bits per heavy atom. The Hall–Kier alpha value is -1.54. The number of carbonyl (C=O) groups excluding carboxylic acids is 1. The number of phenolic OH excluding ortho intramolecular Hbond substituents is 1. The van der Waals surface area contributed by atoms with Crippen LogP contribution in [0.3, 0.4) is 0 Å². The van der Waals surface area contributed by atoms with E-state index in [4.69, 9.17) is 21.1 Å². The molecule has 7 atom stereocenters.